The Labute approximate surface area is 159 Å². The number of amides is 1. The number of benzene rings is 2. The number of nitrogens with one attached hydrogen (secondary N) is 1. The van der Waals surface area contributed by atoms with Crippen LogP contribution < -0.4 is 5.43 Å². The van der Waals surface area contributed by atoms with E-state index < -0.39 is 5.91 Å². The molecule has 0 saturated carbocycles. The largest absolute Gasteiger partial charge is 0.455 e. The van der Waals surface area contributed by atoms with E-state index in [0.29, 0.717) is 32.2 Å². The number of furan rings is 1. The minimum absolute atomic E-state index is 0.303. The lowest BCUT2D eigenvalue weighted by Crippen LogP contribution is -2.17. The summed E-state index contributed by atoms with van der Waals surface area (Å²) in [6.07, 6.45) is 1.41. The van der Waals surface area contributed by atoms with Gasteiger partial charge in [-0.3, -0.25) is 4.79 Å². The minimum atomic E-state index is -0.403. The second-order valence-electron chi connectivity index (χ2n) is 5.04. The lowest BCUT2D eigenvalue weighted by atomic mass is 10.2. The molecule has 0 aliphatic heterocycles. The van der Waals surface area contributed by atoms with Gasteiger partial charge in [-0.1, -0.05) is 34.8 Å². The lowest BCUT2D eigenvalue weighted by molar-refractivity contribution is 0.0955. The van der Waals surface area contributed by atoms with Crippen molar-refractivity contribution in [3.63, 3.8) is 0 Å². The highest BCUT2D eigenvalue weighted by Gasteiger charge is 2.07. The van der Waals surface area contributed by atoms with Gasteiger partial charge in [0.2, 0.25) is 0 Å². The average Bonchev–Trinajstić information content (AvgIpc) is 3.06. The lowest BCUT2D eigenvalue weighted by Gasteiger charge is -2.01. The highest BCUT2D eigenvalue weighted by molar-refractivity contribution is 6.42. The van der Waals surface area contributed by atoms with E-state index >= 15 is 0 Å². The monoisotopic (exact) mass is 392 g/mol. The standard InChI is InChI=1S/C18H11Cl3N2O2/c19-13-4-1-11(2-5-13)17-8-6-14(25-17)10-22-23-18(24)12-3-7-15(20)16(21)9-12/h1-10H,(H,23,24)/b22-10-. The van der Waals surface area contributed by atoms with Crippen LogP contribution in [0.3, 0.4) is 0 Å². The summed E-state index contributed by atoms with van der Waals surface area (Å²) in [6, 6.07) is 15.4. The number of hydrogen-bond acceptors (Lipinski definition) is 3. The second-order valence-corrected chi connectivity index (χ2v) is 6.29. The SMILES string of the molecule is O=C(N/N=C\c1ccc(-c2ccc(Cl)cc2)o1)c1ccc(Cl)c(Cl)c1. The Morgan fingerprint density at radius 3 is 2.44 bits per heavy atom. The predicted molar refractivity (Wildman–Crippen MR) is 101 cm³/mol. The number of hydrazone groups is 1. The van der Waals surface area contributed by atoms with Crippen molar-refractivity contribution < 1.29 is 9.21 Å². The molecule has 0 unspecified atom stereocenters. The van der Waals surface area contributed by atoms with Gasteiger partial charge >= 0.3 is 0 Å². The van der Waals surface area contributed by atoms with Gasteiger partial charge in [0.1, 0.15) is 11.5 Å². The Hall–Kier alpha value is -2.27. The summed E-state index contributed by atoms with van der Waals surface area (Å²) in [5.74, 6) is 0.771. The molecule has 3 rings (SSSR count). The normalized spacial score (nSPS) is 11.0. The van der Waals surface area contributed by atoms with Gasteiger partial charge in [-0.25, -0.2) is 5.43 Å². The highest BCUT2D eigenvalue weighted by Crippen LogP contribution is 2.24. The third-order valence-electron chi connectivity index (χ3n) is 3.30. The summed E-state index contributed by atoms with van der Waals surface area (Å²) in [4.78, 5) is 12.0. The zero-order valence-corrected chi connectivity index (χ0v) is 14.9. The molecule has 3 aromatic rings. The van der Waals surface area contributed by atoms with Crippen LogP contribution in [0.5, 0.6) is 0 Å². The summed E-state index contributed by atoms with van der Waals surface area (Å²) < 4.78 is 5.65. The molecule has 0 aliphatic rings. The average molecular weight is 394 g/mol. The number of hydrogen-bond donors (Lipinski definition) is 1. The first-order chi connectivity index (χ1) is 12.0. The molecule has 0 saturated heterocycles. The fourth-order valence-corrected chi connectivity index (χ4v) is 2.47. The molecule has 1 aromatic heterocycles. The van der Waals surface area contributed by atoms with Crippen LogP contribution in [0.2, 0.25) is 15.1 Å². The van der Waals surface area contributed by atoms with Gasteiger partial charge < -0.3 is 4.42 Å². The summed E-state index contributed by atoms with van der Waals surface area (Å²) >= 11 is 17.6. The van der Waals surface area contributed by atoms with Crippen molar-refractivity contribution >= 4 is 46.9 Å². The van der Waals surface area contributed by atoms with Gasteiger partial charge in [0, 0.05) is 16.1 Å². The number of rotatable bonds is 4. The van der Waals surface area contributed by atoms with E-state index in [0.717, 1.165) is 5.56 Å². The Balaban J connectivity index is 1.65. The number of carbonyl (C=O) groups is 1. The first kappa shape index (κ1) is 17.5. The van der Waals surface area contributed by atoms with Crippen LogP contribution in [0.4, 0.5) is 0 Å². The molecule has 126 valence electrons. The third-order valence-corrected chi connectivity index (χ3v) is 4.29. The molecule has 1 amide bonds. The van der Waals surface area contributed by atoms with Gasteiger partial charge in [0.05, 0.1) is 16.3 Å². The number of halogens is 3. The molecular weight excluding hydrogens is 383 g/mol. The molecule has 1 heterocycles. The number of nitrogens with zero attached hydrogens (tertiary/aromatic N) is 1. The van der Waals surface area contributed by atoms with E-state index in [-0.39, 0.29) is 0 Å². The Morgan fingerprint density at radius 2 is 1.72 bits per heavy atom. The molecule has 0 fully saturated rings. The summed E-state index contributed by atoms with van der Waals surface area (Å²) in [7, 11) is 0. The molecular formula is C18H11Cl3N2O2. The van der Waals surface area contributed by atoms with E-state index in [4.69, 9.17) is 39.2 Å². The van der Waals surface area contributed by atoms with Gasteiger partial charge in [-0.05, 0) is 54.6 Å². The van der Waals surface area contributed by atoms with E-state index in [2.05, 4.69) is 10.5 Å². The Kier molecular flexibility index (Phi) is 5.43. The smallest absolute Gasteiger partial charge is 0.271 e. The quantitative estimate of drug-likeness (QED) is 0.458. The maximum absolute atomic E-state index is 12.0. The molecule has 0 spiro atoms. The van der Waals surface area contributed by atoms with E-state index in [1.807, 2.05) is 18.2 Å². The zero-order valence-electron chi connectivity index (χ0n) is 12.7. The van der Waals surface area contributed by atoms with Crippen LogP contribution >= 0.6 is 34.8 Å². The van der Waals surface area contributed by atoms with Crippen molar-refractivity contribution in [1.29, 1.82) is 0 Å². The van der Waals surface area contributed by atoms with Crippen LogP contribution in [0.15, 0.2) is 64.1 Å². The van der Waals surface area contributed by atoms with Crippen LogP contribution in [-0.4, -0.2) is 12.1 Å². The van der Waals surface area contributed by atoms with E-state index in [9.17, 15) is 4.79 Å². The molecule has 25 heavy (non-hydrogen) atoms. The summed E-state index contributed by atoms with van der Waals surface area (Å²) in [5, 5.41) is 5.21. The topological polar surface area (TPSA) is 54.6 Å². The molecule has 0 bridgehead atoms. The third kappa shape index (κ3) is 4.42. The molecule has 4 nitrogen and oxygen atoms in total. The maximum Gasteiger partial charge on any atom is 0.271 e. The fourth-order valence-electron chi connectivity index (χ4n) is 2.05. The van der Waals surface area contributed by atoms with Crippen LogP contribution in [0, 0.1) is 0 Å². The van der Waals surface area contributed by atoms with Gasteiger partial charge in [-0.15, -0.1) is 0 Å². The maximum atomic E-state index is 12.0. The van der Waals surface area contributed by atoms with Gasteiger partial charge in [0.25, 0.3) is 5.91 Å². The molecule has 2 aromatic carbocycles. The zero-order chi connectivity index (χ0) is 17.8. The molecule has 7 heteroatoms. The first-order valence-corrected chi connectivity index (χ1v) is 8.30. The van der Waals surface area contributed by atoms with E-state index in [1.54, 1.807) is 30.3 Å². The Bertz CT molecular complexity index is 934. The van der Waals surface area contributed by atoms with Crippen molar-refractivity contribution in [1.82, 2.24) is 5.43 Å². The summed E-state index contributed by atoms with van der Waals surface area (Å²) in [5.41, 5.74) is 3.65. The number of carbonyl (C=O) groups excluding carboxylic acids is 1. The van der Waals surface area contributed by atoms with Crippen molar-refractivity contribution in [2.75, 3.05) is 0 Å². The second kappa shape index (κ2) is 7.74. The van der Waals surface area contributed by atoms with Crippen molar-refractivity contribution in [3.05, 3.63) is 81.0 Å². The van der Waals surface area contributed by atoms with Crippen LogP contribution in [0.25, 0.3) is 11.3 Å². The van der Waals surface area contributed by atoms with Crippen molar-refractivity contribution in [3.8, 4) is 11.3 Å². The van der Waals surface area contributed by atoms with Crippen LogP contribution in [-0.2, 0) is 0 Å². The molecule has 0 atom stereocenters. The minimum Gasteiger partial charge on any atom is -0.455 e. The predicted octanol–water partition coefficient (Wildman–Crippen LogP) is 5.67. The van der Waals surface area contributed by atoms with Gasteiger partial charge in [-0.2, -0.15) is 5.10 Å². The van der Waals surface area contributed by atoms with E-state index in [1.165, 1.54) is 12.3 Å². The summed E-state index contributed by atoms with van der Waals surface area (Å²) in [6.45, 7) is 0. The fraction of sp³-hybridized carbons (Fsp3) is 0. The van der Waals surface area contributed by atoms with Crippen LogP contribution in [0.1, 0.15) is 16.1 Å². The Morgan fingerprint density at radius 1 is 0.960 bits per heavy atom. The van der Waals surface area contributed by atoms with Crippen molar-refractivity contribution in [2.45, 2.75) is 0 Å². The molecule has 1 N–H and O–H groups in total. The highest BCUT2D eigenvalue weighted by atomic mass is 35.5. The van der Waals surface area contributed by atoms with Crippen molar-refractivity contribution in [2.24, 2.45) is 5.10 Å². The first-order valence-electron chi connectivity index (χ1n) is 7.17. The molecule has 0 aliphatic carbocycles. The molecule has 0 radical (unpaired) electrons. The van der Waals surface area contributed by atoms with Gasteiger partial charge in [0.15, 0.2) is 0 Å².